The fourth-order valence-corrected chi connectivity index (χ4v) is 2.95. The third-order valence-electron chi connectivity index (χ3n) is 4.32. The van der Waals surface area contributed by atoms with E-state index in [2.05, 4.69) is 5.32 Å². The molecule has 3 rings (SSSR count). The Kier molecular flexibility index (Phi) is 5.51. The maximum Gasteiger partial charge on any atom is 0.258 e. The summed E-state index contributed by atoms with van der Waals surface area (Å²) in [7, 11) is 0. The predicted molar refractivity (Wildman–Crippen MR) is 96.5 cm³/mol. The molecule has 2 amide bonds. The summed E-state index contributed by atoms with van der Waals surface area (Å²) in [5, 5.41) is 2.80. The third kappa shape index (κ3) is 4.20. The molecule has 0 aromatic heterocycles. The van der Waals surface area contributed by atoms with Gasteiger partial charge >= 0.3 is 0 Å². The fraction of sp³-hybridized carbons (Fsp3) is 0.300. The van der Waals surface area contributed by atoms with E-state index in [0.717, 1.165) is 23.2 Å². The van der Waals surface area contributed by atoms with Crippen LogP contribution in [0.15, 0.2) is 42.5 Å². The van der Waals surface area contributed by atoms with Crippen LogP contribution in [0.5, 0.6) is 5.75 Å². The average Bonchev–Trinajstić information content (AvgIpc) is 3.08. The zero-order valence-electron chi connectivity index (χ0n) is 14.6. The normalized spacial score (nSPS) is 12.6. The minimum absolute atomic E-state index is 0.128. The van der Waals surface area contributed by atoms with Gasteiger partial charge in [0.2, 0.25) is 5.91 Å². The maximum atomic E-state index is 12.8. The molecule has 0 saturated carbocycles. The van der Waals surface area contributed by atoms with E-state index in [1.165, 1.54) is 24.3 Å². The van der Waals surface area contributed by atoms with E-state index in [1.807, 2.05) is 30.0 Å². The van der Waals surface area contributed by atoms with Crippen LogP contribution in [0, 0.1) is 5.82 Å². The molecule has 1 N–H and O–H groups in total. The van der Waals surface area contributed by atoms with Crippen LogP contribution in [0.2, 0.25) is 0 Å². The first-order chi connectivity index (χ1) is 12.6. The molecule has 136 valence electrons. The minimum atomic E-state index is -0.349. The molecule has 1 aliphatic rings. The van der Waals surface area contributed by atoms with Gasteiger partial charge in [0, 0.05) is 25.2 Å². The summed E-state index contributed by atoms with van der Waals surface area (Å²) >= 11 is 0. The Hall–Kier alpha value is -2.89. The molecule has 2 aromatic rings. The van der Waals surface area contributed by atoms with Gasteiger partial charge in [-0.25, -0.2) is 4.39 Å². The minimum Gasteiger partial charge on any atom is -0.484 e. The van der Waals surface area contributed by atoms with E-state index in [4.69, 9.17) is 4.74 Å². The molecule has 0 aliphatic carbocycles. The van der Waals surface area contributed by atoms with Crippen LogP contribution in [0.25, 0.3) is 0 Å². The van der Waals surface area contributed by atoms with Gasteiger partial charge in [-0.2, -0.15) is 0 Å². The zero-order chi connectivity index (χ0) is 18.5. The highest BCUT2D eigenvalue weighted by atomic mass is 19.1. The molecular weight excluding hydrogens is 335 g/mol. The number of nitrogens with one attached hydrogen (secondary N) is 1. The lowest BCUT2D eigenvalue weighted by molar-refractivity contribution is -0.123. The Bertz CT molecular complexity index is 805. The van der Waals surface area contributed by atoms with E-state index < -0.39 is 0 Å². The van der Waals surface area contributed by atoms with E-state index >= 15 is 0 Å². The Morgan fingerprint density at radius 2 is 1.96 bits per heavy atom. The first-order valence-corrected chi connectivity index (χ1v) is 8.64. The maximum absolute atomic E-state index is 12.8. The highest BCUT2D eigenvalue weighted by Gasteiger charge is 2.23. The number of carbonyl (C=O) groups is 2. The number of amides is 2. The number of halogens is 1. The molecule has 0 radical (unpaired) electrons. The van der Waals surface area contributed by atoms with Crippen molar-refractivity contribution in [3.8, 4) is 5.75 Å². The van der Waals surface area contributed by atoms with Crippen molar-refractivity contribution in [3.63, 3.8) is 0 Å². The van der Waals surface area contributed by atoms with Crippen LogP contribution >= 0.6 is 0 Å². The Balaban J connectivity index is 1.51. The second-order valence-electron chi connectivity index (χ2n) is 6.13. The Morgan fingerprint density at radius 3 is 2.69 bits per heavy atom. The topological polar surface area (TPSA) is 58.6 Å². The Morgan fingerprint density at radius 1 is 1.19 bits per heavy atom. The first kappa shape index (κ1) is 17.9. The molecule has 0 spiro atoms. The van der Waals surface area contributed by atoms with E-state index in [1.54, 1.807) is 0 Å². The lowest BCUT2D eigenvalue weighted by Crippen LogP contribution is -2.28. The predicted octanol–water partition coefficient (Wildman–Crippen LogP) is 2.82. The largest absolute Gasteiger partial charge is 0.484 e. The summed E-state index contributed by atoms with van der Waals surface area (Å²) < 4.78 is 18.1. The number of fused-ring (bicyclic) bond motifs is 1. The molecule has 0 atom stereocenters. The van der Waals surface area contributed by atoms with Crippen molar-refractivity contribution < 1.29 is 18.7 Å². The number of hydrogen-bond acceptors (Lipinski definition) is 3. The van der Waals surface area contributed by atoms with Crippen molar-refractivity contribution in [2.45, 2.75) is 26.3 Å². The summed E-state index contributed by atoms with van der Waals surface area (Å²) in [6.07, 6.45) is 1.32. The molecule has 0 unspecified atom stereocenters. The smallest absolute Gasteiger partial charge is 0.258 e. The van der Waals surface area contributed by atoms with Crippen LogP contribution in [0.4, 0.5) is 10.1 Å². The number of nitrogens with zero attached hydrogens (tertiary/aromatic N) is 1. The van der Waals surface area contributed by atoms with Gasteiger partial charge < -0.3 is 15.0 Å². The van der Waals surface area contributed by atoms with Crippen LogP contribution in [-0.2, 0) is 22.6 Å². The van der Waals surface area contributed by atoms with Gasteiger partial charge in [0.15, 0.2) is 6.61 Å². The van der Waals surface area contributed by atoms with Crippen LogP contribution in [-0.4, -0.2) is 25.0 Å². The lowest BCUT2D eigenvalue weighted by atomic mass is 10.1. The lowest BCUT2D eigenvalue weighted by Gasteiger charge is -2.16. The monoisotopic (exact) mass is 356 g/mol. The number of rotatable bonds is 6. The Labute approximate surface area is 151 Å². The molecule has 26 heavy (non-hydrogen) atoms. The summed E-state index contributed by atoms with van der Waals surface area (Å²) in [5.74, 6) is -0.0299. The van der Waals surface area contributed by atoms with Gasteiger partial charge in [-0.3, -0.25) is 9.59 Å². The molecule has 0 bridgehead atoms. The van der Waals surface area contributed by atoms with E-state index in [0.29, 0.717) is 25.3 Å². The first-order valence-electron chi connectivity index (χ1n) is 8.64. The second-order valence-corrected chi connectivity index (χ2v) is 6.13. The molecule has 1 heterocycles. The van der Waals surface area contributed by atoms with Crippen molar-refractivity contribution in [1.29, 1.82) is 0 Å². The number of hydrogen-bond donors (Lipinski definition) is 1. The number of ether oxygens (including phenoxy) is 1. The summed E-state index contributed by atoms with van der Waals surface area (Å²) in [4.78, 5) is 25.6. The van der Waals surface area contributed by atoms with Crippen molar-refractivity contribution >= 4 is 17.5 Å². The number of anilines is 1. The standard InChI is InChI=1S/C20H21FN2O3/c1-2-20(25)23-10-9-15-11-14(3-8-18(15)23)12-22-19(24)13-26-17-6-4-16(21)5-7-17/h3-8,11H,2,9-10,12-13H2,1H3,(H,22,24). The van der Waals surface area contributed by atoms with Crippen LogP contribution < -0.4 is 15.0 Å². The molecular formula is C20H21FN2O3. The van der Waals surface area contributed by atoms with Gasteiger partial charge in [-0.15, -0.1) is 0 Å². The SMILES string of the molecule is CCC(=O)N1CCc2cc(CNC(=O)COc3ccc(F)cc3)ccc21. The fourth-order valence-electron chi connectivity index (χ4n) is 2.95. The van der Waals surface area contributed by atoms with E-state index in [9.17, 15) is 14.0 Å². The van der Waals surface area contributed by atoms with Crippen molar-refractivity contribution in [3.05, 3.63) is 59.4 Å². The van der Waals surface area contributed by atoms with Gasteiger partial charge in [0.25, 0.3) is 5.91 Å². The second kappa shape index (κ2) is 7.99. The van der Waals surface area contributed by atoms with Gasteiger partial charge in [0.1, 0.15) is 11.6 Å². The van der Waals surface area contributed by atoms with Crippen LogP contribution in [0.3, 0.4) is 0 Å². The zero-order valence-corrected chi connectivity index (χ0v) is 14.6. The van der Waals surface area contributed by atoms with Crippen molar-refractivity contribution in [2.24, 2.45) is 0 Å². The van der Waals surface area contributed by atoms with Gasteiger partial charge in [-0.1, -0.05) is 19.1 Å². The highest BCUT2D eigenvalue weighted by Crippen LogP contribution is 2.29. The molecule has 5 nitrogen and oxygen atoms in total. The molecule has 0 saturated heterocycles. The van der Waals surface area contributed by atoms with Gasteiger partial charge in [-0.05, 0) is 47.9 Å². The van der Waals surface area contributed by atoms with E-state index in [-0.39, 0.29) is 24.2 Å². The van der Waals surface area contributed by atoms with Crippen LogP contribution in [0.1, 0.15) is 24.5 Å². The van der Waals surface area contributed by atoms with Crippen molar-refractivity contribution in [2.75, 3.05) is 18.1 Å². The average molecular weight is 356 g/mol. The number of carbonyl (C=O) groups excluding carboxylic acids is 2. The summed E-state index contributed by atoms with van der Waals surface area (Å²) in [6, 6.07) is 11.4. The molecule has 0 fully saturated rings. The molecule has 6 heteroatoms. The number of benzene rings is 2. The molecule has 1 aliphatic heterocycles. The molecule has 2 aromatic carbocycles. The summed E-state index contributed by atoms with van der Waals surface area (Å²) in [5.41, 5.74) is 3.07. The summed E-state index contributed by atoms with van der Waals surface area (Å²) in [6.45, 7) is 2.83. The highest BCUT2D eigenvalue weighted by molar-refractivity contribution is 5.95. The third-order valence-corrected chi connectivity index (χ3v) is 4.32. The quantitative estimate of drug-likeness (QED) is 0.866. The van der Waals surface area contributed by atoms with Crippen molar-refractivity contribution in [1.82, 2.24) is 5.32 Å². The van der Waals surface area contributed by atoms with Gasteiger partial charge in [0.05, 0.1) is 0 Å².